The van der Waals surface area contributed by atoms with Crippen molar-refractivity contribution in [3.05, 3.63) is 71.4 Å². The maximum Gasteiger partial charge on any atom is 0.313 e. The van der Waals surface area contributed by atoms with Crippen LogP contribution in [0.15, 0.2) is 59.8 Å². The monoisotopic (exact) mass is 445 g/mol. The minimum absolute atomic E-state index is 0.104. The van der Waals surface area contributed by atoms with E-state index in [1.54, 1.807) is 7.05 Å². The Hall–Kier alpha value is -3.94. The first-order chi connectivity index (χ1) is 15.9. The molecule has 1 N–H and O–H groups in total. The van der Waals surface area contributed by atoms with E-state index in [1.165, 1.54) is 4.90 Å². The summed E-state index contributed by atoms with van der Waals surface area (Å²) in [5, 5.41) is 14.7. The van der Waals surface area contributed by atoms with Crippen LogP contribution in [0.4, 0.5) is 0 Å². The van der Waals surface area contributed by atoms with Crippen LogP contribution in [0.1, 0.15) is 23.2 Å². The van der Waals surface area contributed by atoms with Crippen molar-refractivity contribution < 1.29 is 24.3 Å². The van der Waals surface area contributed by atoms with Gasteiger partial charge >= 0.3 is 5.97 Å². The lowest BCUT2D eigenvalue weighted by Crippen LogP contribution is -2.45. The van der Waals surface area contributed by atoms with Crippen LogP contribution in [0.3, 0.4) is 0 Å². The molecule has 3 aromatic rings. The molecule has 2 aliphatic rings. The third-order valence-electron chi connectivity index (χ3n) is 6.29. The standard InChI is InChI=1S/C25H23N3O5/c1-15-11-17(19-5-3-4-6-21(19)26-15)14-32-18-9-7-16(8-10-18)22-12-25(33-27-22)20(23(29)30)13-28(2)24(25)31/h3-11,20H,12-14H2,1-2H3,(H,29,30). The lowest BCUT2D eigenvalue weighted by atomic mass is 9.84. The largest absolute Gasteiger partial charge is 0.489 e. The van der Waals surface area contributed by atoms with Gasteiger partial charge in [0.1, 0.15) is 18.3 Å². The molecule has 1 fully saturated rings. The number of para-hydroxylation sites is 1. The van der Waals surface area contributed by atoms with Crippen LogP contribution < -0.4 is 4.74 Å². The second-order valence-electron chi connectivity index (χ2n) is 8.52. The molecule has 1 amide bonds. The Morgan fingerprint density at radius 3 is 2.76 bits per heavy atom. The fourth-order valence-electron chi connectivity index (χ4n) is 4.58. The van der Waals surface area contributed by atoms with Crippen LogP contribution in [0, 0.1) is 12.8 Å². The van der Waals surface area contributed by atoms with E-state index >= 15 is 0 Å². The van der Waals surface area contributed by atoms with E-state index in [2.05, 4.69) is 10.1 Å². The number of carboxylic acids is 1. The van der Waals surface area contributed by atoms with Crippen LogP contribution in [-0.4, -0.2) is 51.8 Å². The van der Waals surface area contributed by atoms with Gasteiger partial charge in [0.15, 0.2) is 0 Å². The van der Waals surface area contributed by atoms with Crippen LogP contribution in [0.5, 0.6) is 5.75 Å². The number of hydrogen-bond donors (Lipinski definition) is 1. The summed E-state index contributed by atoms with van der Waals surface area (Å²) < 4.78 is 6.01. The molecule has 5 rings (SSSR count). The number of ether oxygens (including phenoxy) is 1. The Morgan fingerprint density at radius 1 is 1.24 bits per heavy atom. The average molecular weight is 445 g/mol. The van der Waals surface area contributed by atoms with Gasteiger partial charge in [-0.25, -0.2) is 0 Å². The highest BCUT2D eigenvalue weighted by molar-refractivity contribution is 6.07. The number of aromatic nitrogens is 1. The van der Waals surface area contributed by atoms with Gasteiger partial charge in [-0.2, -0.15) is 0 Å². The summed E-state index contributed by atoms with van der Waals surface area (Å²) in [4.78, 5) is 35.8. The zero-order chi connectivity index (χ0) is 23.2. The number of rotatable bonds is 5. The van der Waals surface area contributed by atoms with E-state index in [0.29, 0.717) is 18.1 Å². The van der Waals surface area contributed by atoms with Crippen LogP contribution >= 0.6 is 0 Å². The number of nitrogens with zero attached hydrogens (tertiary/aromatic N) is 3. The van der Waals surface area contributed by atoms with Gasteiger partial charge in [-0.3, -0.25) is 14.6 Å². The zero-order valence-electron chi connectivity index (χ0n) is 18.3. The van der Waals surface area contributed by atoms with Crippen molar-refractivity contribution in [2.24, 2.45) is 11.1 Å². The predicted octanol–water partition coefficient (Wildman–Crippen LogP) is 3.16. The van der Waals surface area contributed by atoms with Crippen molar-refractivity contribution in [2.45, 2.75) is 25.6 Å². The Balaban J connectivity index is 1.30. The van der Waals surface area contributed by atoms with Crippen molar-refractivity contribution in [1.82, 2.24) is 9.88 Å². The quantitative estimate of drug-likeness (QED) is 0.647. The molecule has 2 unspecified atom stereocenters. The Morgan fingerprint density at radius 2 is 2.00 bits per heavy atom. The average Bonchev–Trinajstić information content (AvgIpc) is 3.36. The maximum absolute atomic E-state index is 12.7. The first-order valence-corrected chi connectivity index (χ1v) is 10.7. The third kappa shape index (κ3) is 3.57. The van der Waals surface area contributed by atoms with Crippen LogP contribution in [0.2, 0.25) is 0 Å². The molecule has 1 spiro atoms. The fourth-order valence-corrected chi connectivity index (χ4v) is 4.58. The molecule has 0 radical (unpaired) electrons. The highest BCUT2D eigenvalue weighted by Gasteiger charge is 2.62. The fraction of sp³-hybridized carbons (Fsp3) is 0.280. The topological polar surface area (TPSA) is 101 Å². The van der Waals surface area contributed by atoms with Crippen LogP contribution in [-0.2, 0) is 21.0 Å². The van der Waals surface area contributed by atoms with E-state index in [9.17, 15) is 14.7 Å². The van der Waals surface area contributed by atoms with Crippen molar-refractivity contribution in [1.29, 1.82) is 0 Å². The van der Waals surface area contributed by atoms with E-state index in [-0.39, 0.29) is 18.9 Å². The van der Waals surface area contributed by atoms with Gasteiger partial charge in [0.25, 0.3) is 5.91 Å². The minimum atomic E-state index is -1.47. The van der Waals surface area contributed by atoms with Crippen molar-refractivity contribution in [3.8, 4) is 5.75 Å². The highest BCUT2D eigenvalue weighted by atomic mass is 16.7. The number of hydrogen-bond acceptors (Lipinski definition) is 6. The molecule has 1 aromatic heterocycles. The summed E-state index contributed by atoms with van der Waals surface area (Å²) in [6.07, 6.45) is 0.121. The van der Waals surface area contributed by atoms with E-state index in [0.717, 1.165) is 27.7 Å². The second kappa shape index (κ2) is 7.88. The first kappa shape index (κ1) is 20.9. The van der Waals surface area contributed by atoms with E-state index in [4.69, 9.17) is 9.57 Å². The number of likely N-dealkylation sites (N-methyl/N-ethyl adjacent to an activating group) is 1. The molecular formula is C25H23N3O5. The molecule has 8 nitrogen and oxygen atoms in total. The Labute approximate surface area is 190 Å². The number of carbonyl (C=O) groups is 2. The predicted molar refractivity (Wildman–Crippen MR) is 121 cm³/mol. The first-order valence-electron chi connectivity index (χ1n) is 10.7. The number of carboxylic acid groups (broad SMARTS) is 1. The number of aryl methyl sites for hydroxylation is 1. The number of amides is 1. The number of oxime groups is 1. The van der Waals surface area contributed by atoms with Gasteiger partial charge in [0.2, 0.25) is 5.60 Å². The normalized spacial score (nSPS) is 22.0. The Kier molecular flexibility index (Phi) is 5.00. The van der Waals surface area contributed by atoms with Gasteiger partial charge in [-0.05, 0) is 48.9 Å². The van der Waals surface area contributed by atoms with Gasteiger partial charge in [0.05, 0.1) is 11.2 Å². The number of fused-ring (bicyclic) bond motifs is 1. The molecule has 3 heterocycles. The molecule has 0 bridgehead atoms. The van der Waals surface area contributed by atoms with Gasteiger partial charge in [-0.15, -0.1) is 0 Å². The smallest absolute Gasteiger partial charge is 0.313 e. The van der Waals surface area contributed by atoms with Crippen molar-refractivity contribution in [2.75, 3.05) is 13.6 Å². The molecular weight excluding hydrogens is 422 g/mol. The number of aliphatic carboxylic acids is 1. The van der Waals surface area contributed by atoms with Crippen molar-refractivity contribution >= 4 is 28.5 Å². The summed E-state index contributed by atoms with van der Waals surface area (Å²) in [6.45, 7) is 2.47. The third-order valence-corrected chi connectivity index (χ3v) is 6.29. The number of carbonyl (C=O) groups excluding carboxylic acids is 1. The molecule has 33 heavy (non-hydrogen) atoms. The molecule has 2 aromatic carbocycles. The molecule has 8 heteroatoms. The summed E-state index contributed by atoms with van der Waals surface area (Å²) in [5.41, 5.74) is 2.77. The lowest BCUT2D eigenvalue weighted by Gasteiger charge is -2.22. The van der Waals surface area contributed by atoms with E-state index in [1.807, 2.05) is 61.5 Å². The molecule has 1 saturated heterocycles. The molecule has 0 saturated carbocycles. The maximum atomic E-state index is 12.7. The zero-order valence-corrected chi connectivity index (χ0v) is 18.3. The lowest BCUT2D eigenvalue weighted by molar-refractivity contribution is -0.160. The van der Waals surface area contributed by atoms with Crippen molar-refractivity contribution in [3.63, 3.8) is 0 Å². The number of pyridine rings is 1. The molecule has 0 aliphatic carbocycles. The molecule has 2 atom stereocenters. The van der Waals surface area contributed by atoms with E-state index < -0.39 is 17.5 Å². The summed E-state index contributed by atoms with van der Waals surface area (Å²) >= 11 is 0. The minimum Gasteiger partial charge on any atom is -0.489 e. The summed E-state index contributed by atoms with van der Waals surface area (Å²) in [7, 11) is 1.58. The SMILES string of the molecule is Cc1cc(COc2ccc(C3=NOC4(C3)C(=O)N(C)CC4C(=O)O)cc2)c2ccccc2n1. The number of benzene rings is 2. The van der Waals surface area contributed by atoms with Gasteiger partial charge in [0, 0.05) is 36.7 Å². The summed E-state index contributed by atoms with van der Waals surface area (Å²) in [5.74, 6) is -1.69. The summed E-state index contributed by atoms with van der Waals surface area (Å²) in [6, 6.07) is 17.3. The van der Waals surface area contributed by atoms with Crippen LogP contribution in [0.25, 0.3) is 10.9 Å². The highest BCUT2D eigenvalue weighted by Crippen LogP contribution is 2.40. The van der Waals surface area contributed by atoms with Gasteiger partial charge < -0.3 is 19.6 Å². The number of likely N-dealkylation sites (tertiary alicyclic amines) is 1. The second-order valence-corrected chi connectivity index (χ2v) is 8.52. The Bertz CT molecular complexity index is 1290. The molecule has 168 valence electrons. The van der Waals surface area contributed by atoms with Gasteiger partial charge in [-0.1, -0.05) is 23.4 Å². The molecule has 2 aliphatic heterocycles.